The molecule has 1 saturated heterocycles. The van der Waals surface area contributed by atoms with Crippen LogP contribution in [0.3, 0.4) is 0 Å². The van der Waals surface area contributed by atoms with Crippen molar-refractivity contribution in [2.75, 3.05) is 23.0 Å². The average Bonchev–Trinajstić information content (AvgIpc) is 2.26. The Morgan fingerprint density at radius 3 is 2.79 bits per heavy atom. The van der Waals surface area contributed by atoms with Gasteiger partial charge in [-0.25, -0.2) is 18.2 Å². The fourth-order valence-electron chi connectivity index (χ4n) is 2.09. The van der Waals surface area contributed by atoms with Crippen molar-refractivity contribution in [1.29, 1.82) is 0 Å². The largest absolute Gasteiger partial charge is 0.478 e. The van der Waals surface area contributed by atoms with Crippen molar-refractivity contribution < 1.29 is 18.3 Å². The van der Waals surface area contributed by atoms with Crippen LogP contribution in [-0.4, -0.2) is 48.6 Å². The van der Waals surface area contributed by atoms with Crippen LogP contribution in [0.15, 0.2) is 12.1 Å². The summed E-state index contributed by atoms with van der Waals surface area (Å²) in [6.07, 6.45) is 0. The molecule has 1 N–H and O–H groups in total. The summed E-state index contributed by atoms with van der Waals surface area (Å²) in [5, 5.41) is 9.06. The minimum Gasteiger partial charge on any atom is -0.478 e. The summed E-state index contributed by atoms with van der Waals surface area (Å²) in [4.78, 5) is 16.8. The smallest absolute Gasteiger partial charge is 0.335 e. The molecule has 1 aliphatic heterocycles. The first kappa shape index (κ1) is 14.1. The van der Waals surface area contributed by atoms with Crippen molar-refractivity contribution >= 4 is 33.2 Å². The fraction of sp³-hybridized carbons (Fsp3) is 0.455. The van der Waals surface area contributed by atoms with Gasteiger partial charge in [-0.05, 0) is 19.1 Å². The predicted octanol–water partition coefficient (Wildman–Crippen LogP) is 1.06. The van der Waals surface area contributed by atoms with Crippen LogP contribution in [-0.2, 0) is 9.84 Å². The average molecular weight is 305 g/mol. The molecule has 0 spiro atoms. The molecule has 1 unspecified atom stereocenters. The third-order valence-electron chi connectivity index (χ3n) is 2.99. The van der Waals surface area contributed by atoms with Crippen LogP contribution in [0.5, 0.6) is 0 Å². The van der Waals surface area contributed by atoms with E-state index in [9.17, 15) is 13.2 Å². The monoisotopic (exact) mass is 304 g/mol. The van der Waals surface area contributed by atoms with E-state index in [-0.39, 0.29) is 34.8 Å². The van der Waals surface area contributed by atoms with E-state index in [1.165, 1.54) is 12.1 Å². The summed E-state index contributed by atoms with van der Waals surface area (Å²) < 4.78 is 23.0. The van der Waals surface area contributed by atoms with E-state index in [2.05, 4.69) is 4.98 Å². The lowest BCUT2D eigenvalue weighted by Crippen LogP contribution is -2.47. The maximum Gasteiger partial charge on any atom is 0.335 e. The molecule has 0 saturated carbocycles. The number of pyridine rings is 1. The number of carbonyl (C=O) groups is 1. The lowest BCUT2D eigenvalue weighted by molar-refractivity contribution is 0.0696. The van der Waals surface area contributed by atoms with E-state index >= 15 is 0 Å². The number of nitrogens with zero attached hydrogens (tertiary/aromatic N) is 2. The number of halogens is 1. The van der Waals surface area contributed by atoms with Gasteiger partial charge < -0.3 is 10.0 Å². The Morgan fingerprint density at radius 2 is 2.21 bits per heavy atom. The van der Waals surface area contributed by atoms with E-state index in [1.54, 1.807) is 11.8 Å². The highest BCUT2D eigenvalue weighted by atomic mass is 35.5. The number of aromatic nitrogens is 1. The van der Waals surface area contributed by atoms with Gasteiger partial charge in [0.15, 0.2) is 9.84 Å². The molecule has 2 rings (SSSR count). The van der Waals surface area contributed by atoms with Crippen LogP contribution in [0.4, 0.5) is 5.82 Å². The molecule has 19 heavy (non-hydrogen) atoms. The molecule has 6 nitrogen and oxygen atoms in total. The van der Waals surface area contributed by atoms with Crippen molar-refractivity contribution in [2.45, 2.75) is 13.0 Å². The Bertz CT molecular complexity index is 617. The van der Waals surface area contributed by atoms with Crippen molar-refractivity contribution in [3.05, 3.63) is 22.8 Å². The third-order valence-corrected chi connectivity index (χ3v) is 4.98. The van der Waals surface area contributed by atoms with Crippen LogP contribution >= 0.6 is 11.6 Å². The second-order valence-corrected chi connectivity index (χ2v) is 7.11. The van der Waals surface area contributed by atoms with E-state index < -0.39 is 15.8 Å². The van der Waals surface area contributed by atoms with Crippen LogP contribution in [0.1, 0.15) is 17.3 Å². The van der Waals surface area contributed by atoms with Crippen LogP contribution in [0.25, 0.3) is 0 Å². The van der Waals surface area contributed by atoms with Gasteiger partial charge in [0.2, 0.25) is 0 Å². The van der Waals surface area contributed by atoms with Gasteiger partial charge in [0.1, 0.15) is 11.0 Å². The SMILES string of the molecule is CC1CS(=O)(=O)CCN1c1cc(C(=O)O)cc(Cl)n1. The first-order valence-electron chi connectivity index (χ1n) is 5.66. The van der Waals surface area contributed by atoms with Gasteiger partial charge in [0.25, 0.3) is 0 Å². The van der Waals surface area contributed by atoms with Crippen molar-refractivity contribution in [3.8, 4) is 0 Å². The third kappa shape index (κ3) is 3.16. The van der Waals surface area contributed by atoms with Gasteiger partial charge in [0.05, 0.1) is 17.1 Å². The van der Waals surface area contributed by atoms with Crippen molar-refractivity contribution in [3.63, 3.8) is 0 Å². The van der Waals surface area contributed by atoms with Crippen molar-refractivity contribution in [2.24, 2.45) is 0 Å². The fourth-order valence-corrected chi connectivity index (χ4v) is 3.85. The molecule has 0 bridgehead atoms. The molecule has 1 atom stereocenters. The number of hydrogen-bond donors (Lipinski definition) is 1. The van der Waals surface area contributed by atoms with E-state index in [0.717, 1.165) is 0 Å². The highest BCUT2D eigenvalue weighted by Gasteiger charge is 2.29. The summed E-state index contributed by atoms with van der Waals surface area (Å²) in [7, 11) is -3.03. The number of aromatic carboxylic acids is 1. The molecule has 1 fully saturated rings. The second-order valence-electron chi connectivity index (χ2n) is 4.50. The molecule has 1 aromatic heterocycles. The van der Waals surface area contributed by atoms with E-state index in [4.69, 9.17) is 16.7 Å². The lowest BCUT2D eigenvalue weighted by Gasteiger charge is -2.34. The molecule has 104 valence electrons. The van der Waals surface area contributed by atoms with Crippen LogP contribution in [0, 0.1) is 0 Å². The molecule has 8 heteroatoms. The maximum absolute atomic E-state index is 11.5. The van der Waals surface area contributed by atoms with Gasteiger partial charge in [-0.2, -0.15) is 0 Å². The minimum absolute atomic E-state index is 0.0313. The summed E-state index contributed by atoms with van der Waals surface area (Å²) in [6, 6.07) is 2.41. The standard InChI is InChI=1S/C11H13ClN2O4S/c1-7-6-19(17,18)3-2-14(7)10-5-8(11(15)16)4-9(12)13-10/h4-5,7H,2-3,6H2,1H3,(H,15,16). The summed E-state index contributed by atoms with van der Waals surface area (Å²) >= 11 is 5.80. The Hall–Kier alpha value is -1.34. The summed E-state index contributed by atoms with van der Waals surface area (Å²) in [6.45, 7) is 2.05. The molecule has 1 aliphatic rings. The predicted molar refractivity (Wildman–Crippen MR) is 71.7 cm³/mol. The van der Waals surface area contributed by atoms with Gasteiger partial charge in [0, 0.05) is 12.6 Å². The van der Waals surface area contributed by atoms with Gasteiger partial charge in [-0.3, -0.25) is 0 Å². The molecular formula is C11H13ClN2O4S. The first-order valence-corrected chi connectivity index (χ1v) is 7.86. The Kier molecular flexibility index (Phi) is 3.69. The minimum atomic E-state index is -3.03. The lowest BCUT2D eigenvalue weighted by atomic mass is 10.2. The van der Waals surface area contributed by atoms with Gasteiger partial charge in [-0.15, -0.1) is 0 Å². The molecular weight excluding hydrogens is 292 g/mol. The normalized spacial score (nSPS) is 22.2. The molecule has 0 radical (unpaired) electrons. The zero-order valence-electron chi connectivity index (χ0n) is 10.2. The molecule has 1 aromatic rings. The molecule has 0 aliphatic carbocycles. The maximum atomic E-state index is 11.5. The first-order chi connectivity index (χ1) is 8.78. The van der Waals surface area contributed by atoms with E-state index in [1.807, 2.05) is 0 Å². The summed E-state index contributed by atoms with van der Waals surface area (Å²) in [5.74, 6) is -0.632. The van der Waals surface area contributed by atoms with Crippen LogP contribution < -0.4 is 4.90 Å². The Balaban J connectivity index is 2.34. The Labute approximate surface area is 115 Å². The van der Waals surface area contributed by atoms with Crippen LogP contribution in [0.2, 0.25) is 5.15 Å². The molecule has 0 amide bonds. The second kappa shape index (κ2) is 4.97. The highest BCUT2D eigenvalue weighted by molar-refractivity contribution is 7.91. The number of rotatable bonds is 2. The van der Waals surface area contributed by atoms with Gasteiger partial charge in [-0.1, -0.05) is 11.6 Å². The number of carboxylic acid groups (broad SMARTS) is 1. The number of carboxylic acids is 1. The number of sulfone groups is 1. The molecule has 0 aromatic carbocycles. The van der Waals surface area contributed by atoms with Gasteiger partial charge >= 0.3 is 5.97 Å². The summed E-state index contributed by atoms with van der Waals surface area (Å²) in [5.41, 5.74) is 0.0376. The zero-order chi connectivity index (χ0) is 14.2. The topological polar surface area (TPSA) is 87.6 Å². The highest BCUT2D eigenvalue weighted by Crippen LogP contribution is 2.23. The zero-order valence-corrected chi connectivity index (χ0v) is 11.8. The number of hydrogen-bond acceptors (Lipinski definition) is 5. The van der Waals surface area contributed by atoms with Crippen molar-refractivity contribution in [1.82, 2.24) is 4.98 Å². The molecule has 2 heterocycles. The Morgan fingerprint density at radius 1 is 1.53 bits per heavy atom. The number of anilines is 1. The quantitative estimate of drug-likeness (QED) is 0.822. The van der Waals surface area contributed by atoms with E-state index in [0.29, 0.717) is 5.82 Å².